The summed E-state index contributed by atoms with van der Waals surface area (Å²) in [6, 6.07) is -0.758. The van der Waals surface area contributed by atoms with Crippen LogP contribution in [-0.4, -0.2) is 35.1 Å². The van der Waals surface area contributed by atoms with Gasteiger partial charge in [0.25, 0.3) is 0 Å². The molecule has 1 amide bonds. The van der Waals surface area contributed by atoms with Crippen LogP contribution < -0.4 is 5.73 Å². The van der Waals surface area contributed by atoms with Crippen molar-refractivity contribution >= 4 is 18.3 Å². The molecule has 0 aromatic rings. The molecule has 2 atom stereocenters. The van der Waals surface area contributed by atoms with Crippen LogP contribution in [0, 0.1) is 5.92 Å². The van der Waals surface area contributed by atoms with Crippen LogP contribution in [0.3, 0.4) is 0 Å². The Kier molecular flexibility index (Phi) is 4.87. The number of carbonyl (C=O) groups excluding carboxylic acids is 1. The summed E-state index contributed by atoms with van der Waals surface area (Å²) in [6.07, 6.45) is -4.31. The average Bonchev–Trinajstić information content (AvgIpc) is 2.38. The molecule has 1 saturated heterocycles. The van der Waals surface area contributed by atoms with E-state index in [-0.39, 0.29) is 25.4 Å². The molecule has 1 rings (SSSR count). The van der Waals surface area contributed by atoms with Crippen molar-refractivity contribution < 1.29 is 18.0 Å². The van der Waals surface area contributed by atoms with E-state index in [0.29, 0.717) is 0 Å². The number of amides is 1. The molecule has 0 bridgehead atoms. The standard InChI is InChI=1S/C10H17F3N2O.ClH/c1-6(14)8(16)15-5-4-7(9(15,2)3)10(11,12)13;/h6-7H,4-5,14H2,1-3H3;1H. The first-order chi connectivity index (χ1) is 7.08. The predicted octanol–water partition coefficient (Wildman–Crippen LogP) is 1.94. The van der Waals surface area contributed by atoms with Gasteiger partial charge in [0.05, 0.1) is 12.0 Å². The third kappa shape index (κ3) is 3.04. The lowest BCUT2D eigenvalue weighted by molar-refractivity contribution is -0.192. The highest BCUT2D eigenvalue weighted by Crippen LogP contribution is 2.44. The van der Waals surface area contributed by atoms with Crippen LogP contribution in [0.4, 0.5) is 13.2 Å². The van der Waals surface area contributed by atoms with Gasteiger partial charge in [-0.05, 0) is 27.2 Å². The summed E-state index contributed by atoms with van der Waals surface area (Å²) in [6.45, 7) is 4.49. The maximum Gasteiger partial charge on any atom is 0.394 e. The van der Waals surface area contributed by atoms with Gasteiger partial charge in [-0.1, -0.05) is 0 Å². The van der Waals surface area contributed by atoms with Gasteiger partial charge < -0.3 is 10.6 Å². The van der Waals surface area contributed by atoms with Crippen LogP contribution in [0.15, 0.2) is 0 Å². The maximum atomic E-state index is 12.7. The second-order valence-corrected chi connectivity index (χ2v) is 4.82. The van der Waals surface area contributed by atoms with Crippen LogP contribution in [0.5, 0.6) is 0 Å². The molecule has 0 aliphatic carbocycles. The van der Waals surface area contributed by atoms with Crippen LogP contribution in [0.1, 0.15) is 27.2 Å². The first kappa shape index (κ1) is 16.5. The summed E-state index contributed by atoms with van der Waals surface area (Å²) in [7, 11) is 0. The smallest absolute Gasteiger partial charge is 0.336 e. The minimum absolute atomic E-state index is 0. The van der Waals surface area contributed by atoms with Crippen molar-refractivity contribution in [3.63, 3.8) is 0 Å². The van der Waals surface area contributed by atoms with Crippen LogP contribution in [0.25, 0.3) is 0 Å². The SMILES string of the molecule is CC(N)C(=O)N1CCC(C(F)(F)F)C1(C)C.Cl. The molecule has 1 heterocycles. The molecule has 2 unspecified atom stereocenters. The maximum absolute atomic E-state index is 12.7. The lowest BCUT2D eigenvalue weighted by Gasteiger charge is -2.37. The number of halogens is 4. The van der Waals surface area contributed by atoms with Crippen molar-refractivity contribution in [2.75, 3.05) is 6.54 Å². The zero-order chi connectivity index (χ0) is 12.7. The first-order valence-corrected chi connectivity index (χ1v) is 5.22. The van der Waals surface area contributed by atoms with Crippen LogP contribution in [0.2, 0.25) is 0 Å². The zero-order valence-electron chi connectivity index (χ0n) is 10.0. The summed E-state index contributed by atoms with van der Waals surface area (Å²) in [5.74, 6) is -1.89. The molecule has 102 valence electrons. The summed E-state index contributed by atoms with van der Waals surface area (Å²) >= 11 is 0. The number of alkyl halides is 3. The van der Waals surface area contributed by atoms with Gasteiger partial charge in [-0.15, -0.1) is 12.4 Å². The molecule has 0 radical (unpaired) electrons. The van der Waals surface area contributed by atoms with E-state index in [1.165, 1.54) is 25.7 Å². The van der Waals surface area contributed by atoms with Crippen molar-refractivity contribution in [2.24, 2.45) is 11.7 Å². The number of hydrogen-bond acceptors (Lipinski definition) is 2. The van der Waals surface area contributed by atoms with Gasteiger partial charge in [0.2, 0.25) is 5.91 Å². The monoisotopic (exact) mass is 274 g/mol. The minimum Gasteiger partial charge on any atom is -0.336 e. The number of rotatable bonds is 1. The highest BCUT2D eigenvalue weighted by molar-refractivity contribution is 5.85. The Balaban J connectivity index is 0.00000256. The quantitative estimate of drug-likeness (QED) is 0.794. The Morgan fingerprint density at radius 1 is 1.47 bits per heavy atom. The number of nitrogens with zero attached hydrogens (tertiary/aromatic N) is 1. The molecule has 0 saturated carbocycles. The lowest BCUT2D eigenvalue weighted by atomic mass is 9.87. The molecule has 0 aromatic carbocycles. The summed E-state index contributed by atoms with van der Waals surface area (Å²) in [5.41, 5.74) is 4.21. The molecular formula is C10H18ClF3N2O. The van der Waals surface area contributed by atoms with Gasteiger partial charge in [0.1, 0.15) is 0 Å². The normalized spacial score (nSPS) is 25.4. The average molecular weight is 275 g/mol. The third-order valence-electron chi connectivity index (χ3n) is 3.24. The van der Waals surface area contributed by atoms with E-state index < -0.39 is 29.6 Å². The van der Waals surface area contributed by atoms with E-state index in [9.17, 15) is 18.0 Å². The van der Waals surface area contributed by atoms with Crippen molar-refractivity contribution in [1.29, 1.82) is 0 Å². The van der Waals surface area contributed by atoms with E-state index in [2.05, 4.69) is 0 Å². The fraction of sp³-hybridized carbons (Fsp3) is 0.900. The number of carbonyl (C=O) groups is 1. The molecule has 1 fully saturated rings. The zero-order valence-corrected chi connectivity index (χ0v) is 10.9. The topological polar surface area (TPSA) is 46.3 Å². The second kappa shape index (κ2) is 5.02. The fourth-order valence-electron chi connectivity index (χ4n) is 2.29. The van der Waals surface area contributed by atoms with Crippen molar-refractivity contribution in [1.82, 2.24) is 4.90 Å². The van der Waals surface area contributed by atoms with Gasteiger partial charge in [-0.2, -0.15) is 13.2 Å². The summed E-state index contributed by atoms with van der Waals surface area (Å²) in [5, 5.41) is 0. The Labute approximate surface area is 105 Å². The molecule has 2 N–H and O–H groups in total. The van der Waals surface area contributed by atoms with Crippen LogP contribution in [-0.2, 0) is 4.79 Å². The van der Waals surface area contributed by atoms with E-state index in [1.807, 2.05) is 0 Å². The predicted molar refractivity (Wildman–Crippen MR) is 60.9 cm³/mol. The number of likely N-dealkylation sites (tertiary alicyclic amines) is 1. The minimum atomic E-state index is -4.27. The second-order valence-electron chi connectivity index (χ2n) is 4.82. The highest BCUT2D eigenvalue weighted by atomic mass is 35.5. The Hall–Kier alpha value is -0.490. The van der Waals surface area contributed by atoms with E-state index in [0.717, 1.165) is 0 Å². The Morgan fingerprint density at radius 2 is 1.94 bits per heavy atom. The largest absolute Gasteiger partial charge is 0.394 e. The van der Waals surface area contributed by atoms with Crippen molar-refractivity contribution in [3.8, 4) is 0 Å². The number of nitrogens with two attached hydrogens (primary N) is 1. The highest BCUT2D eigenvalue weighted by Gasteiger charge is 2.56. The molecule has 0 spiro atoms. The fourth-order valence-corrected chi connectivity index (χ4v) is 2.29. The van der Waals surface area contributed by atoms with E-state index in [4.69, 9.17) is 5.73 Å². The van der Waals surface area contributed by atoms with Gasteiger partial charge in [0.15, 0.2) is 0 Å². The number of hydrogen-bond donors (Lipinski definition) is 1. The Bertz CT molecular complexity index is 292. The van der Waals surface area contributed by atoms with Gasteiger partial charge in [-0.3, -0.25) is 4.79 Å². The molecule has 7 heteroatoms. The molecule has 1 aliphatic rings. The molecule has 3 nitrogen and oxygen atoms in total. The summed E-state index contributed by atoms with van der Waals surface area (Å²) in [4.78, 5) is 12.9. The Morgan fingerprint density at radius 3 is 2.24 bits per heavy atom. The van der Waals surface area contributed by atoms with E-state index >= 15 is 0 Å². The third-order valence-corrected chi connectivity index (χ3v) is 3.24. The van der Waals surface area contributed by atoms with Crippen molar-refractivity contribution in [3.05, 3.63) is 0 Å². The first-order valence-electron chi connectivity index (χ1n) is 5.22. The van der Waals surface area contributed by atoms with Crippen molar-refractivity contribution in [2.45, 2.75) is 44.9 Å². The molecule has 1 aliphatic heterocycles. The van der Waals surface area contributed by atoms with E-state index in [1.54, 1.807) is 0 Å². The van der Waals surface area contributed by atoms with Gasteiger partial charge in [0, 0.05) is 12.1 Å². The molecule has 0 aromatic heterocycles. The summed E-state index contributed by atoms with van der Waals surface area (Å²) < 4.78 is 38.2. The van der Waals surface area contributed by atoms with Crippen LogP contribution >= 0.6 is 12.4 Å². The van der Waals surface area contributed by atoms with Gasteiger partial charge >= 0.3 is 6.18 Å². The molecular weight excluding hydrogens is 257 g/mol. The molecule has 17 heavy (non-hydrogen) atoms. The lowest BCUT2D eigenvalue weighted by Crippen LogP contribution is -2.53. The van der Waals surface area contributed by atoms with Gasteiger partial charge in [-0.25, -0.2) is 0 Å².